The Hall–Kier alpha value is -2.90. The van der Waals surface area contributed by atoms with Crippen LogP contribution in [-0.4, -0.2) is 57.0 Å². The number of halogens is 1. The van der Waals surface area contributed by atoms with Crippen LogP contribution in [0, 0.1) is 0 Å². The van der Waals surface area contributed by atoms with E-state index >= 15 is 0 Å². The summed E-state index contributed by atoms with van der Waals surface area (Å²) in [4.78, 5) is 19.2. The van der Waals surface area contributed by atoms with Crippen molar-refractivity contribution in [3.8, 4) is 28.1 Å². The summed E-state index contributed by atoms with van der Waals surface area (Å²) in [6.45, 7) is 3.59. The van der Waals surface area contributed by atoms with Gasteiger partial charge in [0.25, 0.3) is 0 Å². The smallest absolute Gasteiger partial charge is 0.342 e. The number of phenolic OH excluding ortho intramolecular Hbond substituents is 1. The van der Waals surface area contributed by atoms with Crippen molar-refractivity contribution in [1.82, 2.24) is 25.0 Å². The fourth-order valence-corrected chi connectivity index (χ4v) is 3.80. The summed E-state index contributed by atoms with van der Waals surface area (Å²) in [6.07, 6.45) is 8.81. The van der Waals surface area contributed by atoms with Crippen molar-refractivity contribution >= 4 is 17.6 Å². The molecule has 7 nitrogen and oxygen atoms in total. The first-order valence-corrected chi connectivity index (χ1v) is 10.5. The standard InChI is InChI=1S/C22H24ClN5O2/c23-19-5-4-17(14-20(19)29)21-18(16-6-8-24-9-7-16)15-28(26-21)22(30)25-10-13-27-11-2-1-3-12-27/h4-9,14-15,29H,1-3,10-13H2,(H,25,30). The summed E-state index contributed by atoms with van der Waals surface area (Å²) in [5.74, 6) is -0.0321. The van der Waals surface area contributed by atoms with E-state index < -0.39 is 0 Å². The number of amides is 1. The number of rotatable bonds is 5. The van der Waals surface area contributed by atoms with Crippen LogP contribution in [0.4, 0.5) is 4.79 Å². The number of hydrogen-bond donors (Lipinski definition) is 2. The molecule has 30 heavy (non-hydrogen) atoms. The molecule has 1 fully saturated rings. The zero-order valence-corrected chi connectivity index (χ0v) is 17.3. The summed E-state index contributed by atoms with van der Waals surface area (Å²) in [5, 5.41) is 17.7. The molecule has 1 saturated heterocycles. The largest absolute Gasteiger partial charge is 0.506 e. The monoisotopic (exact) mass is 425 g/mol. The number of likely N-dealkylation sites (tertiary alicyclic amines) is 1. The molecule has 156 valence electrons. The predicted molar refractivity (Wildman–Crippen MR) is 117 cm³/mol. The van der Waals surface area contributed by atoms with Gasteiger partial charge in [0.05, 0.1) is 5.02 Å². The van der Waals surface area contributed by atoms with Crippen LogP contribution < -0.4 is 5.32 Å². The lowest BCUT2D eigenvalue weighted by molar-refractivity contribution is 0.220. The Morgan fingerprint density at radius 3 is 2.60 bits per heavy atom. The maximum atomic E-state index is 12.7. The summed E-state index contributed by atoms with van der Waals surface area (Å²) < 4.78 is 1.31. The average molecular weight is 426 g/mol. The SMILES string of the molecule is O=C(NCCN1CCCCC1)n1cc(-c2ccncc2)c(-c2ccc(Cl)c(O)c2)n1. The Bertz CT molecular complexity index is 1020. The minimum Gasteiger partial charge on any atom is -0.506 e. The second-order valence-corrected chi connectivity index (χ2v) is 7.78. The molecular weight excluding hydrogens is 402 g/mol. The van der Waals surface area contributed by atoms with Gasteiger partial charge in [0.1, 0.15) is 11.4 Å². The molecule has 0 bridgehead atoms. The van der Waals surface area contributed by atoms with Crippen molar-refractivity contribution < 1.29 is 9.90 Å². The Kier molecular flexibility index (Phi) is 6.30. The topological polar surface area (TPSA) is 83.3 Å². The molecule has 4 rings (SSSR count). The molecule has 2 N–H and O–H groups in total. The highest BCUT2D eigenvalue weighted by molar-refractivity contribution is 6.32. The third-order valence-electron chi connectivity index (χ3n) is 5.29. The second kappa shape index (κ2) is 9.28. The highest BCUT2D eigenvalue weighted by atomic mass is 35.5. The maximum Gasteiger partial charge on any atom is 0.342 e. The quantitative estimate of drug-likeness (QED) is 0.645. The van der Waals surface area contributed by atoms with Gasteiger partial charge in [-0.25, -0.2) is 4.79 Å². The second-order valence-electron chi connectivity index (χ2n) is 7.37. The van der Waals surface area contributed by atoms with Crippen LogP contribution >= 0.6 is 11.6 Å². The van der Waals surface area contributed by atoms with Crippen LogP contribution in [0.15, 0.2) is 48.9 Å². The van der Waals surface area contributed by atoms with Crippen LogP contribution in [0.3, 0.4) is 0 Å². The fraction of sp³-hybridized carbons (Fsp3) is 0.318. The van der Waals surface area contributed by atoms with Gasteiger partial charge in [-0.1, -0.05) is 24.1 Å². The van der Waals surface area contributed by atoms with Crippen LogP contribution in [0.5, 0.6) is 5.75 Å². The number of pyridine rings is 1. The molecular formula is C22H24ClN5O2. The van der Waals surface area contributed by atoms with Crippen molar-refractivity contribution in [2.75, 3.05) is 26.2 Å². The van der Waals surface area contributed by atoms with Crippen molar-refractivity contribution in [3.63, 3.8) is 0 Å². The van der Waals surface area contributed by atoms with Gasteiger partial charge >= 0.3 is 6.03 Å². The molecule has 8 heteroatoms. The van der Waals surface area contributed by atoms with E-state index in [1.165, 1.54) is 23.9 Å². The molecule has 1 aromatic carbocycles. The van der Waals surface area contributed by atoms with E-state index in [0.29, 0.717) is 17.8 Å². The highest BCUT2D eigenvalue weighted by Gasteiger charge is 2.18. The molecule has 0 saturated carbocycles. The lowest BCUT2D eigenvalue weighted by Crippen LogP contribution is -2.39. The van der Waals surface area contributed by atoms with Crippen LogP contribution in [0.1, 0.15) is 19.3 Å². The minimum absolute atomic E-state index is 0.0321. The average Bonchev–Trinajstić information content (AvgIpc) is 3.23. The van der Waals surface area contributed by atoms with Crippen LogP contribution in [0.2, 0.25) is 5.02 Å². The Labute approximate surface area is 180 Å². The zero-order chi connectivity index (χ0) is 20.9. The predicted octanol–water partition coefficient (Wildman–Crippen LogP) is 4.01. The molecule has 0 spiro atoms. The van der Waals surface area contributed by atoms with Crippen molar-refractivity contribution in [1.29, 1.82) is 0 Å². The lowest BCUT2D eigenvalue weighted by atomic mass is 10.0. The molecule has 0 atom stereocenters. The first-order chi connectivity index (χ1) is 14.6. The maximum absolute atomic E-state index is 12.7. The molecule has 0 unspecified atom stereocenters. The van der Waals surface area contributed by atoms with E-state index in [4.69, 9.17) is 11.6 Å². The molecule has 2 aromatic heterocycles. The van der Waals surface area contributed by atoms with Gasteiger partial charge in [0, 0.05) is 42.8 Å². The van der Waals surface area contributed by atoms with Gasteiger partial charge < -0.3 is 15.3 Å². The number of hydrogen-bond acceptors (Lipinski definition) is 5. The van der Waals surface area contributed by atoms with Gasteiger partial charge in [-0.2, -0.15) is 9.78 Å². The number of carbonyl (C=O) groups excluding carboxylic acids is 1. The van der Waals surface area contributed by atoms with E-state index in [1.807, 2.05) is 12.1 Å². The first-order valence-electron chi connectivity index (χ1n) is 10.1. The summed E-state index contributed by atoms with van der Waals surface area (Å²) >= 11 is 5.95. The number of nitrogens with zero attached hydrogens (tertiary/aromatic N) is 4. The number of nitrogens with one attached hydrogen (secondary N) is 1. The Morgan fingerprint density at radius 1 is 1.10 bits per heavy atom. The van der Waals surface area contributed by atoms with Gasteiger partial charge in [0.15, 0.2) is 0 Å². The summed E-state index contributed by atoms with van der Waals surface area (Å²) in [5.41, 5.74) is 2.90. The normalized spacial score (nSPS) is 14.6. The molecule has 1 aliphatic heterocycles. The number of phenols is 1. The molecule has 3 aromatic rings. The number of piperidine rings is 1. The van der Waals surface area contributed by atoms with Gasteiger partial charge in [-0.15, -0.1) is 0 Å². The van der Waals surface area contributed by atoms with Gasteiger partial charge in [-0.3, -0.25) is 4.98 Å². The minimum atomic E-state index is -0.285. The van der Waals surface area contributed by atoms with Crippen LogP contribution in [0.25, 0.3) is 22.4 Å². The molecule has 3 heterocycles. The third kappa shape index (κ3) is 4.63. The van der Waals surface area contributed by atoms with Crippen LogP contribution in [-0.2, 0) is 0 Å². The third-order valence-corrected chi connectivity index (χ3v) is 5.61. The number of benzene rings is 1. The lowest BCUT2D eigenvalue weighted by Gasteiger charge is -2.26. The zero-order valence-electron chi connectivity index (χ0n) is 16.6. The number of aromatic nitrogens is 3. The highest BCUT2D eigenvalue weighted by Crippen LogP contribution is 2.34. The fourth-order valence-electron chi connectivity index (χ4n) is 3.68. The van der Waals surface area contributed by atoms with Crippen molar-refractivity contribution in [3.05, 3.63) is 53.9 Å². The molecule has 0 aliphatic carbocycles. The van der Waals surface area contributed by atoms with E-state index in [2.05, 4.69) is 20.3 Å². The Morgan fingerprint density at radius 2 is 1.87 bits per heavy atom. The molecule has 0 radical (unpaired) electrons. The van der Waals surface area contributed by atoms with E-state index in [1.54, 1.807) is 36.8 Å². The first kappa shape index (κ1) is 20.4. The molecule has 1 amide bonds. The van der Waals surface area contributed by atoms with Crippen molar-refractivity contribution in [2.45, 2.75) is 19.3 Å². The number of carbonyl (C=O) groups is 1. The summed E-state index contributed by atoms with van der Waals surface area (Å²) in [6, 6.07) is 8.36. The van der Waals surface area contributed by atoms with Gasteiger partial charge in [-0.05, 0) is 55.8 Å². The van der Waals surface area contributed by atoms with Gasteiger partial charge in [0.2, 0.25) is 0 Å². The molecule has 1 aliphatic rings. The van der Waals surface area contributed by atoms with E-state index in [9.17, 15) is 9.90 Å². The van der Waals surface area contributed by atoms with Crippen molar-refractivity contribution in [2.24, 2.45) is 0 Å². The van der Waals surface area contributed by atoms with E-state index in [0.717, 1.165) is 30.8 Å². The Balaban J connectivity index is 1.57. The van der Waals surface area contributed by atoms with E-state index in [-0.39, 0.29) is 16.8 Å². The summed E-state index contributed by atoms with van der Waals surface area (Å²) in [7, 11) is 0. The number of aromatic hydroxyl groups is 1.